The highest BCUT2D eigenvalue weighted by atomic mass is 32.1. The Morgan fingerprint density at radius 2 is 1.96 bits per heavy atom. The lowest BCUT2D eigenvalue weighted by Crippen LogP contribution is -2.49. The average Bonchev–Trinajstić information content (AvgIpc) is 2.65. The van der Waals surface area contributed by atoms with Crippen LogP contribution in [0.4, 0.5) is 0 Å². The van der Waals surface area contributed by atoms with Crippen molar-refractivity contribution in [3.8, 4) is 0 Å². The molecular formula is C19H23N3O2S. The summed E-state index contributed by atoms with van der Waals surface area (Å²) in [6.45, 7) is 0.838. The minimum absolute atomic E-state index is 0.0819. The van der Waals surface area contributed by atoms with Crippen molar-refractivity contribution in [1.82, 2.24) is 14.5 Å². The second-order valence-corrected chi connectivity index (χ2v) is 7.69. The number of hydrogen-bond acceptors (Lipinski definition) is 3. The number of nitrogens with one attached hydrogen (secondary N) is 1. The molecule has 25 heavy (non-hydrogen) atoms. The molecule has 1 amide bonds. The normalized spacial score (nSPS) is 23.5. The summed E-state index contributed by atoms with van der Waals surface area (Å²) < 4.78 is 1.78. The number of amides is 1. The van der Waals surface area contributed by atoms with Crippen molar-refractivity contribution >= 4 is 29.0 Å². The van der Waals surface area contributed by atoms with Gasteiger partial charge in [0, 0.05) is 25.2 Å². The van der Waals surface area contributed by atoms with Gasteiger partial charge in [0.1, 0.15) is 0 Å². The van der Waals surface area contributed by atoms with E-state index in [1.54, 1.807) is 25.2 Å². The number of carbonyl (C=O) groups excluding carboxylic acids is 1. The summed E-state index contributed by atoms with van der Waals surface area (Å²) in [6.07, 6.45) is 7.20. The average molecular weight is 357 g/mol. The Balaban J connectivity index is 1.71. The molecule has 1 saturated heterocycles. The monoisotopic (exact) mass is 357 g/mol. The van der Waals surface area contributed by atoms with Gasteiger partial charge in [-0.05, 0) is 62.0 Å². The van der Waals surface area contributed by atoms with Crippen molar-refractivity contribution in [2.24, 2.45) is 13.0 Å². The van der Waals surface area contributed by atoms with Crippen molar-refractivity contribution in [3.05, 3.63) is 38.9 Å². The van der Waals surface area contributed by atoms with Crippen LogP contribution < -0.4 is 5.56 Å². The van der Waals surface area contributed by atoms with Crippen LogP contribution in [0.2, 0.25) is 0 Å². The Morgan fingerprint density at radius 3 is 2.80 bits per heavy atom. The van der Waals surface area contributed by atoms with Crippen LogP contribution in [0.15, 0.2) is 23.0 Å². The van der Waals surface area contributed by atoms with Crippen LogP contribution in [0.1, 0.15) is 48.9 Å². The van der Waals surface area contributed by atoms with Crippen molar-refractivity contribution in [1.29, 1.82) is 0 Å². The Bertz CT molecular complexity index is 944. The maximum absolute atomic E-state index is 13.1. The summed E-state index contributed by atoms with van der Waals surface area (Å²) in [4.78, 5) is 30.6. The molecule has 6 heteroatoms. The maximum atomic E-state index is 13.1. The fraction of sp³-hybridized carbons (Fsp3) is 0.526. The molecule has 1 aliphatic heterocycles. The summed E-state index contributed by atoms with van der Waals surface area (Å²) >= 11 is 5.19. The zero-order valence-corrected chi connectivity index (χ0v) is 15.3. The number of aromatic nitrogens is 2. The van der Waals surface area contributed by atoms with E-state index in [0.29, 0.717) is 33.2 Å². The first-order valence-corrected chi connectivity index (χ1v) is 9.51. The maximum Gasteiger partial charge on any atom is 0.261 e. The highest BCUT2D eigenvalue weighted by Gasteiger charge is 2.36. The minimum Gasteiger partial charge on any atom is -0.335 e. The van der Waals surface area contributed by atoms with E-state index in [4.69, 9.17) is 12.2 Å². The van der Waals surface area contributed by atoms with Crippen molar-refractivity contribution in [2.75, 3.05) is 6.54 Å². The van der Waals surface area contributed by atoms with Gasteiger partial charge in [0.25, 0.3) is 11.5 Å². The van der Waals surface area contributed by atoms with E-state index in [-0.39, 0.29) is 11.5 Å². The summed E-state index contributed by atoms with van der Waals surface area (Å²) in [6, 6.07) is 5.67. The van der Waals surface area contributed by atoms with E-state index in [2.05, 4.69) is 9.88 Å². The fourth-order valence-corrected chi connectivity index (χ4v) is 4.67. The highest BCUT2D eigenvalue weighted by molar-refractivity contribution is 7.71. The number of H-pyrrole nitrogens is 1. The third kappa shape index (κ3) is 2.82. The SMILES string of the molecule is Cn1c(=S)[nH]c2cc(C(=O)N3CCC[C@H]4CCCC[C@H]43)ccc2c1=O. The first-order valence-electron chi connectivity index (χ1n) is 9.10. The molecule has 1 saturated carbocycles. The molecule has 0 spiro atoms. The molecule has 2 aliphatic rings. The molecule has 4 rings (SSSR count). The largest absolute Gasteiger partial charge is 0.335 e. The second kappa shape index (κ2) is 6.41. The zero-order valence-electron chi connectivity index (χ0n) is 14.5. The summed E-state index contributed by atoms with van der Waals surface area (Å²) in [7, 11) is 1.65. The number of aromatic amines is 1. The number of piperidine rings is 1. The molecule has 132 valence electrons. The van der Waals surface area contributed by atoms with Gasteiger partial charge in [-0.3, -0.25) is 14.2 Å². The van der Waals surface area contributed by atoms with Gasteiger partial charge in [-0.2, -0.15) is 0 Å². The fourth-order valence-electron chi connectivity index (χ4n) is 4.48. The number of likely N-dealkylation sites (tertiary alicyclic amines) is 1. The molecule has 1 N–H and O–H groups in total. The molecule has 2 aromatic rings. The van der Waals surface area contributed by atoms with E-state index in [1.165, 1.54) is 30.3 Å². The molecule has 2 heterocycles. The third-order valence-corrected chi connectivity index (χ3v) is 6.23. The van der Waals surface area contributed by atoms with Crippen LogP contribution in [0, 0.1) is 10.7 Å². The van der Waals surface area contributed by atoms with Gasteiger partial charge >= 0.3 is 0 Å². The van der Waals surface area contributed by atoms with Gasteiger partial charge in [-0.15, -0.1) is 0 Å². The molecule has 0 radical (unpaired) electrons. The Hall–Kier alpha value is -1.95. The van der Waals surface area contributed by atoms with E-state index in [9.17, 15) is 9.59 Å². The van der Waals surface area contributed by atoms with Crippen LogP contribution in [0.3, 0.4) is 0 Å². The van der Waals surface area contributed by atoms with Crippen molar-refractivity contribution < 1.29 is 4.79 Å². The molecule has 1 aromatic carbocycles. The molecule has 1 aliphatic carbocycles. The quantitative estimate of drug-likeness (QED) is 0.796. The van der Waals surface area contributed by atoms with Crippen molar-refractivity contribution in [3.63, 3.8) is 0 Å². The van der Waals surface area contributed by atoms with Crippen LogP contribution in [0.5, 0.6) is 0 Å². The van der Waals surface area contributed by atoms with Crippen LogP contribution in [-0.4, -0.2) is 32.9 Å². The topological polar surface area (TPSA) is 58.1 Å². The van der Waals surface area contributed by atoms with Gasteiger partial charge in [-0.1, -0.05) is 12.8 Å². The number of carbonyl (C=O) groups is 1. The van der Waals surface area contributed by atoms with Gasteiger partial charge in [0.05, 0.1) is 10.9 Å². The van der Waals surface area contributed by atoms with Gasteiger partial charge < -0.3 is 9.88 Å². The third-order valence-electron chi connectivity index (χ3n) is 5.85. The lowest BCUT2D eigenvalue weighted by molar-refractivity contribution is 0.0391. The van der Waals surface area contributed by atoms with Gasteiger partial charge in [0.2, 0.25) is 0 Å². The predicted octanol–water partition coefficient (Wildman–Crippen LogP) is 3.39. The number of benzene rings is 1. The van der Waals surface area contributed by atoms with Crippen LogP contribution in [-0.2, 0) is 7.05 Å². The van der Waals surface area contributed by atoms with E-state index in [1.807, 2.05) is 0 Å². The van der Waals surface area contributed by atoms with E-state index >= 15 is 0 Å². The van der Waals surface area contributed by atoms with Crippen molar-refractivity contribution in [2.45, 2.75) is 44.6 Å². The molecule has 5 nitrogen and oxygen atoms in total. The van der Waals surface area contributed by atoms with Gasteiger partial charge in [0.15, 0.2) is 4.77 Å². The first-order chi connectivity index (χ1) is 12.1. The molecule has 2 atom stereocenters. The lowest BCUT2D eigenvalue weighted by atomic mass is 9.78. The Labute approximate surface area is 151 Å². The lowest BCUT2D eigenvalue weighted by Gasteiger charge is -2.44. The summed E-state index contributed by atoms with van der Waals surface area (Å²) in [5.74, 6) is 0.739. The van der Waals surface area contributed by atoms with Crippen LogP contribution in [0.25, 0.3) is 10.9 Å². The molecule has 0 bridgehead atoms. The number of fused-ring (bicyclic) bond motifs is 2. The number of hydrogen-bond donors (Lipinski definition) is 1. The zero-order chi connectivity index (χ0) is 17.6. The first kappa shape index (κ1) is 16.5. The minimum atomic E-state index is -0.136. The van der Waals surface area contributed by atoms with Gasteiger partial charge in [-0.25, -0.2) is 0 Å². The van der Waals surface area contributed by atoms with Crippen LogP contribution >= 0.6 is 12.2 Å². The number of rotatable bonds is 1. The second-order valence-electron chi connectivity index (χ2n) is 7.31. The summed E-state index contributed by atoms with van der Waals surface area (Å²) in [5.41, 5.74) is 1.14. The highest BCUT2D eigenvalue weighted by Crippen LogP contribution is 2.36. The molecule has 0 unspecified atom stereocenters. The summed E-state index contributed by atoms with van der Waals surface area (Å²) in [5, 5.41) is 0.557. The molecule has 2 fully saturated rings. The predicted molar refractivity (Wildman–Crippen MR) is 100 cm³/mol. The van der Waals surface area contributed by atoms with E-state index in [0.717, 1.165) is 19.4 Å². The number of nitrogens with zero attached hydrogens (tertiary/aromatic N) is 2. The van der Waals surface area contributed by atoms with E-state index < -0.39 is 0 Å². The smallest absolute Gasteiger partial charge is 0.261 e. The standard InChI is InChI=1S/C19H23N3O2S/c1-21-18(24)14-9-8-13(11-15(14)20-19(21)25)17(23)22-10-4-6-12-5-2-3-7-16(12)22/h8-9,11-12,16H,2-7,10H2,1H3,(H,20,25)/t12-,16-/m1/s1. The Morgan fingerprint density at radius 1 is 1.20 bits per heavy atom. The molecular weight excluding hydrogens is 334 g/mol. The molecule has 1 aromatic heterocycles. The Kier molecular flexibility index (Phi) is 4.23.